The van der Waals surface area contributed by atoms with Crippen LogP contribution in [0.1, 0.15) is 110 Å². The van der Waals surface area contributed by atoms with Crippen molar-refractivity contribution in [2.75, 3.05) is 5.75 Å². The highest BCUT2D eigenvalue weighted by Crippen LogP contribution is 2.21. The second-order valence-electron chi connectivity index (χ2n) is 7.38. The van der Waals surface area contributed by atoms with Crippen molar-refractivity contribution in [1.82, 2.24) is 4.90 Å². The van der Waals surface area contributed by atoms with Gasteiger partial charge in [0.25, 0.3) is 0 Å². The molecule has 0 N–H and O–H groups in total. The van der Waals surface area contributed by atoms with Gasteiger partial charge in [0.05, 0.1) is 5.75 Å². The molecule has 2 amide bonds. The van der Waals surface area contributed by atoms with E-state index < -0.39 is 0 Å². The van der Waals surface area contributed by atoms with E-state index in [1.54, 1.807) is 0 Å². The summed E-state index contributed by atoms with van der Waals surface area (Å²) in [7, 11) is 0. The fourth-order valence-corrected chi connectivity index (χ4v) is 4.44. The summed E-state index contributed by atoms with van der Waals surface area (Å²) >= 11 is 6.34. The maximum atomic E-state index is 12.0. The fourth-order valence-electron chi connectivity index (χ4n) is 3.35. The standard InChI is InChI=1S/C21H37NO2S2/c1-2-3-4-5-6-7-8-9-10-11-12-13-14-15-16-17-19(23)22-20(24)18-26-21(22)25/h2-18H2,1H3. The van der Waals surface area contributed by atoms with E-state index in [4.69, 9.17) is 12.2 Å². The summed E-state index contributed by atoms with van der Waals surface area (Å²) in [5.74, 6) is 0.0642. The SMILES string of the molecule is CCCCCCCCCCCCCCCCCC(=O)N1C(=O)CSC1=S. The minimum absolute atomic E-state index is 0.111. The molecule has 3 nitrogen and oxygen atoms in total. The summed E-state index contributed by atoms with van der Waals surface area (Å²) in [6.07, 6.45) is 20.1. The number of thioether (sulfide) groups is 1. The molecule has 0 saturated carbocycles. The summed E-state index contributed by atoms with van der Waals surface area (Å²) in [5.41, 5.74) is 0. The van der Waals surface area contributed by atoms with E-state index >= 15 is 0 Å². The largest absolute Gasteiger partial charge is 0.274 e. The van der Waals surface area contributed by atoms with Crippen LogP contribution in [-0.4, -0.2) is 26.8 Å². The highest BCUT2D eigenvalue weighted by molar-refractivity contribution is 8.24. The van der Waals surface area contributed by atoms with Crippen LogP contribution in [0.4, 0.5) is 0 Å². The second kappa shape index (κ2) is 15.6. The quantitative estimate of drug-likeness (QED) is 0.215. The van der Waals surface area contributed by atoms with Gasteiger partial charge in [0.2, 0.25) is 11.8 Å². The van der Waals surface area contributed by atoms with Crippen molar-refractivity contribution in [3.8, 4) is 0 Å². The van der Waals surface area contributed by atoms with Gasteiger partial charge in [-0.05, 0) is 6.42 Å². The number of carbonyl (C=O) groups excluding carboxylic acids is 2. The van der Waals surface area contributed by atoms with E-state index in [2.05, 4.69) is 6.92 Å². The molecule has 26 heavy (non-hydrogen) atoms. The van der Waals surface area contributed by atoms with E-state index in [1.807, 2.05) is 0 Å². The first-order valence-electron chi connectivity index (χ1n) is 10.7. The van der Waals surface area contributed by atoms with Crippen LogP contribution in [0.3, 0.4) is 0 Å². The number of nitrogens with zero attached hydrogens (tertiary/aromatic N) is 1. The van der Waals surface area contributed by atoms with Crippen molar-refractivity contribution < 1.29 is 9.59 Å². The van der Waals surface area contributed by atoms with Crippen LogP contribution in [0.15, 0.2) is 0 Å². The predicted octanol–water partition coefficient (Wildman–Crippen LogP) is 6.63. The lowest BCUT2D eigenvalue weighted by Gasteiger charge is -2.12. The van der Waals surface area contributed by atoms with Crippen LogP contribution < -0.4 is 0 Å². The zero-order chi connectivity index (χ0) is 19.0. The van der Waals surface area contributed by atoms with Gasteiger partial charge in [0.1, 0.15) is 4.32 Å². The molecule has 0 radical (unpaired) electrons. The zero-order valence-corrected chi connectivity index (χ0v) is 18.2. The van der Waals surface area contributed by atoms with Gasteiger partial charge in [-0.25, -0.2) is 4.90 Å². The normalized spacial score (nSPS) is 14.4. The van der Waals surface area contributed by atoms with Gasteiger partial charge in [0, 0.05) is 6.42 Å². The number of hydrogen-bond donors (Lipinski definition) is 0. The third kappa shape index (κ3) is 10.7. The summed E-state index contributed by atoms with van der Waals surface area (Å²) in [5, 5.41) is 0. The van der Waals surface area contributed by atoms with Crippen LogP contribution in [0.2, 0.25) is 0 Å². The highest BCUT2D eigenvalue weighted by Gasteiger charge is 2.31. The Morgan fingerprint density at radius 2 is 1.27 bits per heavy atom. The molecule has 1 heterocycles. The fraction of sp³-hybridized carbons (Fsp3) is 0.857. The number of carbonyl (C=O) groups is 2. The van der Waals surface area contributed by atoms with Crippen LogP contribution in [0.25, 0.3) is 0 Å². The number of hydrogen-bond acceptors (Lipinski definition) is 4. The molecular weight excluding hydrogens is 362 g/mol. The van der Waals surface area contributed by atoms with Crippen molar-refractivity contribution in [3.05, 3.63) is 0 Å². The van der Waals surface area contributed by atoms with Crippen molar-refractivity contribution in [3.63, 3.8) is 0 Å². The van der Waals surface area contributed by atoms with Gasteiger partial charge in [-0.15, -0.1) is 0 Å². The van der Waals surface area contributed by atoms with Gasteiger partial charge in [0.15, 0.2) is 0 Å². The summed E-state index contributed by atoms with van der Waals surface area (Å²) in [6, 6.07) is 0. The second-order valence-corrected chi connectivity index (χ2v) is 8.99. The van der Waals surface area contributed by atoms with E-state index in [0.717, 1.165) is 12.8 Å². The van der Waals surface area contributed by atoms with Crippen molar-refractivity contribution in [1.29, 1.82) is 0 Å². The number of imide groups is 1. The molecule has 1 saturated heterocycles. The minimum atomic E-state index is -0.147. The van der Waals surface area contributed by atoms with Crippen LogP contribution in [-0.2, 0) is 9.59 Å². The average Bonchev–Trinajstić information content (AvgIpc) is 2.96. The topological polar surface area (TPSA) is 37.4 Å². The third-order valence-corrected chi connectivity index (χ3v) is 6.35. The van der Waals surface area contributed by atoms with E-state index in [-0.39, 0.29) is 11.8 Å². The third-order valence-electron chi connectivity index (χ3n) is 4.99. The first-order valence-corrected chi connectivity index (χ1v) is 12.1. The smallest absolute Gasteiger partial charge is 0.245 e. The maximum absolute atomic E-state index is 12.0. The Hall–Kier alpha value is -0.420. The predicted molar refractivity (Wildman–Crippen MR) is 116 cm³/mol. The molecule has 0 aliphatic carbocycles. The first kappa shape index (κ1) is 23.6. The Morgan fingerprint density at radius 3 is 1.65 bits per heavy atom. The number of unbranched alkanes of at least 4 members (excludes halogenated alkanes) is 14. The summed E-state index contributed by atoms with van der Waals surface area (Å²) < 4.78 is 0.431. The molecule has 5 heteroatoms. The van der Waals surface area contributed by atoms with Crippen molar-refractivity contribution in [2.24, 2.45) is 0 Å². The Morgan fingerprint density at radius 1 is 0.846 bits per heavy atom. The van der Waals surface area contributed by atoms with Crippen molar-refractivity contribution >= 4 is 40.1 Å². The molecule has 1 fully saturated rings. The first-order chi connectivity index (χ1) is 12.7. The average molecular weight is 400 g/mol. The Labute approximate surface area is 170 Å². The van der Waals surface area contributed by atoms with E-state index in [0.29, 0.717) is 16.5 Å². The van der Waals surface area contributed by atoms with Crippen molar-refractivity contribution in [2.45, 2.75) is 110 Å². The van der Waals surface area contributed by atoms with E-state index in [1.165, 1.54) is 100 Å². The van der Waals surface area contributed by atoms with Gasteiger partial charge >= 0.3 is 0 Å². The molecule has 0 aromatic carbocycles. The van der Waals surface area contributed by atoms with Gasteiger partial charge in [-0.1, -0.05) is 121 Å². The molecule has 1 rings (SSSR count). The molecule has 1 aliphatic heterocycles. The maximum Gasteiger partial charge on any atom is 0.245 e. The molecule has 0 bridgehead atoms. The Kier molecular flexibility index (Phi) is 14.2. The van der Waals surface area contributed by atoms with Crippen LogP contribution in [0, 0.1) is 0 Å². The van der Waals surface area contributed by atoms with Gasteiger partial charge < -0.3 is 0 Å². The van der Waals surface area contributed by atoms with Gasteiger partial charge in [-0.3, -0.25) is 9.59 Å². The molecule has 0 atom stereocenters. The summed E-state index contributed by atoms with van der Waals surface area (Å²) in [6.45, 7) is 2.27. The number of thiocarbonyl (C=S) groups is 1. The lowest BCUT2D eigenvalue weighted by atomic mass is 10.0. The lowest BCUT2D eigenvalue weighted by molar-refractivity contribution is -0.137. The summed E-state index contributed by atoms with van der Waals surface area (Å²) in [4.78, 5) is 24.8. The molecule has 0 aromatic heterocycles. The number of rotatable bonds is 16. The monoisotopic (exact) mass is 399 g/mol. The minimum Gasteiger partial charge on any atom is -0.274 e. The molecule has 0 unspecified atom stereocenters. The molecule has 150 valence electrons. The zero-order valence-electron chi connectivity index (χ0n) is 16.6. The number of amides is 2. The van der Waals surface area contributed by atoms with Gasteiger partial charge in [-0.2, -0.15) is 0 Å². The lowest BCUT2D eigenvalue weighted by Crippen LogP contribution is -2.34. The van der Waals surface area contributed by atoms with E-state index in [9.17, 15) is 9.59 Å². The highest BCUT2D eigenvalue weighted by atomic mass is 32.2. The molecule has 0 aromatic rings. The Balaban J connectivity index is 1.82. The Bertz CT molecular complexity index is 410. The molecule has 0 spiro atoms. The molecular formula is C21H37NO2S2. The molecule has 1 aliphatic rings. The van der Waals surface area contributed by atoms with Crippen LogP contribution in [0.5, 0.6) is 0 Å². The van der Waals surface area contributed by atoms with Crippen LogP contribution >= 0.6 is 24.0 Å².